The summed E-state index contributed by atoms with van der Waals surface area (Å²) in [5.41, 5.74) is 0.876. The van der Waals surface area contributed by atoms with Crippen LogP contribution in [0.15, 0.2) is 42.5 Å². The molecule has 22 heavy (non-hydrogen) atoms. The van der Waals surface area contributed by atoms with Crippen LogP contribution in [0.1, 0.15) is 4.88 Å². The van der Waals surface area contributed by atoms with Crippen molar-refractivity contribution in [3.05, 3.63) is 47.3 Å². The highest BCUT2D eigenvalue weighted by Crippen LogP contribution is 2.22. The minimum absolute atomic E-state index is 0.0602. The number of urea groups is 1. The first-order valence-corrected chi connectivity index (χ1v) is 7.93. The maximum absolute atomic E-state index is 12.3. The van der Waals surface area contributed by atoms with Crippen molar-refractivity contribution in [2.24, 2.45) is 0 Å². The Kier molecular flexibility index (Phi) is 4.11. The third-order valence-corrected chi connectivity index (χ3v) is 4.46. The molecule has 114 valence electrons. The highest BCUT2D eigenvalue weighted by Gasteiger charge is 2.28. The molecule has 0 atom stereocenters. The van der Waals surface area contributed by atoms with E-state index in [0.717, 1.165) is 15.6 Å². The van der Waals surface area contributed by atoms with Gasteiger partial charge in [-0.15, -0.1) is 11.3 Å². The minimum Gasteiger partial charge on any atom is -0.313 e. The van der Waals surface area contributed by atoms with E-state index in [2.05, 4.69) is 5.32 Å². The van der Waals surface area contributed by atoms with E-state index in [0.29, 0.717) is 13.1 Å². The molecule has 1 saturated heterocycles. The van der Waals surface area contributed by atoms with E-state index in [4.69, 9.17) is 0 Å². The lowest BCUT2D eigenvalue weighted by atomic mass is 10.2. The molecule has 3 amide bonds. The Morgan fingerprint density at radius 3 is 2.55 bits per heavy atom. The smallest absolute Gasteiger partial charge is 0.313 e. The molecule has 1 N–H and O–H groups in total. The number of nitrogens with zero attached hydrogens (tertiary/aromatic N) is 2. The third kappa shape index (κ3) is 3.12. The van der Waals surface area contributed by atoms with Crippen LogP contribution in [0, 0.1) is 6.92 Å². The fourth-order valence-electron chi connectivity index (χ4n) is 2.41. The Morgan fingerprint density at radius 1 is 1.14 bits per heavy atom. The molecular formula is C16H17N3O2S. The van der Waals surface area contributed by atoms with Gasteiger partial charge in [0.05, 0.1) is 5.00 Å². The van der Waals surface area contributed by atoms with Crippen LogP contribution in [0.5, 0.6) is 0 Å². The zero-order chi connectivity index (χ0) is 15.5. The van der Waals surface area contributed by atoms with E-state index in [1.54, 1.807) is 9.80 Å². The number of hydrogen-bond donors (Lipinski definition) is 1. The maximum atomic E-state index is 12.3. The molecule has 1 aromatic carbocycles. The normalized spacial score (nSPS) is 15.0. The van der Waals surface area contributed by atoms with Crippen LogP contribution >= 0.6 is 11.3 Å². The summed E-state index contributed by atoms with van der Waals surface area (Å²) in [5, 5.41) is 3.65. The lowest BCUT2D eigenvalue weighted by Crippen LogP contribution is -2.53. The number of aryl methyl sites for hydroxylation is 1. The van der Waals surface area contributed by atoms with Crippen LogP contribution in [-0.4, -0.2) is 36.5 Å². The van der Waals surface area contributed by atoms with Gasteiger partial charge in [-0.1, -0.05) is 18.2 Å². The summed E-state index contributed by atoms with van der Waals surface area (Å²) in [4.78, 5) is 28.9. The first-order valence-electron chi connectivity index (χ1n) is 7.11. The lowest BCUT2D eigenvalue weighted by molar-refractivity contribution is -0.120. The van der Waals surface area contributed by atoms with E-state index in [9.17, 15) is 9.59 Å². The van der Waals surface area contributed by atoms with Crippen molar-refractivity contribution in [1.29, 1.82) is 0 Å². The Balaban J connectivity index is 1.62. The average molecular weight is 315 g/mol. The summed E-state index contributed by atoms with van der Waals surface area (Å²) in [6.45, 7) is 3.13. The summed E-state index contributed by atoms with van der Waals surface area (Å²) in [6, 6.07) is 13.1. The van der Waals surface area contributed by atoms with Gasteiger partial charge in [0.2, 0.25) is 5.91 Å². The molecule has 1 fully saturated rings. The van der Waals surface area contributed by atoms with Gasteiger partial charge in [0.15, 0.2) is 0 Å². The molecule has 1 aromatic heterocycles. The quantitative estimate of drug-likeness (QED) is 0.926. The molecule has 0 unspecified atom stereocenters. The molecule has 0 radical (unpaired) electrons. The minimum atomic E-state index is -0.220. The van der Waals surface area contributed by atoms with E-state index in [1.807, 2.05) is 49.4 Å². The molecule has 3 rings (SSSR count). The molecule has 2 heterocycles. The number of piperazine rings is 1. The highest BCUT2D eigenvalue weighted by atomic mass is 32.1. The van der Waals surface area contributed by atoms with Crippen molar-refractivity contribution in [3.8, 4) is 0 Å². The van der Waals surface area contributed by atoms with E-state index >= 15 is 0 Å². The number of carbonyl (C=O) groups excluding carboxylic acids is 2. The highest BCUT2D eigenvalue weighted by molar-refractivity contribution is 7.16. The second kappa shape index (κ2) is 6.19. The molecule has 0 aliphatic carbocycles. The van der Waals surface area contributed by atoms with Crippen molar-refractivity contribution in [2.45, 2.75) is 6.92 Å². The number of carbonyl (C=O) groups is 2. The average Bonchev–Trinajstić information content (AvgIpc) is 2.93. The Bertz CT molecular complexity index is 684. The van der Waals surface area contributed by atoms with E-state index < -0.39 is 0 Å². The zero-order valence-electron chi connectivity index (χ0n) is 12.3. The van der Waals surface area contributed by atoms with Gasteiger partial charge in [0.1, 0.15) is 6.54 Å². The fraction of sp³-hybridized carbons (Fsp3) is 0.250. The number of anilines is 2. The van der Waals surface area contributed by atoms with E-state index in [1.165, 1.54) is 11.3 Å². The van der Waals surface area contributed by atoms with Gasteiger partial charge in [0.25, 0.3) is 0 Å². The van der Waals surface area contributed by atoms with Gasteiger partial charge >= 0.3 is 6.03 Å². The molecule has 0 bridgehead atoms. The monoisotopic (exact) mass is 315 g/mol. The standard InChI is InChI=1S/C16H17N3O2S/c1-12-7-8-14(22-12)17-16(21)18-9-10-19(15(20)11-18)13-5-3-2-4-6-13/h2-8H,9-11H2,1H3,(H,17,21). The van der Waals surface area contributed by atoms with Crippen LogP contribution in [0.4, 0.5) is 15.5 Å². The maximum Gasteiger partial charge on any atom is 0.322 e. The van der Waals surface area contributed by atoms with Gasteiger partial charge in [-0.25, -0.2) is 4.79 Å². The van der Waals surface area contributed by atoms with Crippen molar-refractivity contribution in [3.63, 3.8) is 0 Å². The topological polar surface area (TPSA) is 52.7 Å². The number of nitrogens with one attached hydrogen (secondary N) is 1. The first kappa shape index (κ1) is 14.6. The summed E-state index contributed by atoms with van der Waals surface area (Å²) < 4.78 is 0. The number of para-hydroxylation sites is 1. The molecule has 6 heteroatoms. The number of thiophene rings is 1. The Morgan fingerprint density at radius 2 is 1.91 bits per heavy atom. The lowest BCUT2D eigenvalue weighted by Gasteiger charge is -2.34. The van der Waals surface area contributed by atoms with Gasteiger partial charge in [-0.2, -0.15) is 0 Å². The van der Waals surface area contributed by atoms with Gasteiger partial charge < -0.3 is 9.80 Å². The second-order valence-electron chi connectivity index (χ2n) is 5.14. The Hall–Kier alpha value is -2.34. The van der Waals surface area contributed by atoms with Crippen molar-refractivity contribution < 1.29 is 9.59 Å². The number of rotatable bonds is 2. The zero-order valence-corrected chi connectivity index (χ0v) is 13.1. The number of benzene rings is 1. The van der Waals surface area contributed by atoms with Crippen molar-refractivity contribution in [2.75, 3.05) is 29.9 Å². The van der Waals surface area contributed by atoms with Crippen LogP contribution in [-0.2, 0) is 4.79 Å². The fourth-order valence-corrected chi connectivity index (χ4v) is 3.17. The summed E-state index contributed by atoms with van der Waals surface area (Å²) >= 11 is 1.52. The summed E-state index contributed by atoms with van der Waals surface area (Å²) in [6.07, 6.45) is 0. The number of hydrogen-bond acceptors (Lipinski definition) is 3. The summed E-state index contributed by atoms with van der Waals surface area (Å²) in [7, 11) is 0. The molecule has 5 nitrogen and oxygen atoms in total. The molecular weight excluding hydrogens is 298 g/mol. The van der Waals surface area contributed by atoms with E-state index in [-0.39, 0.29) is 18.5 Å². The second-order valence-corrected chi connectivity index (χ2v) is 6.43. The predicted octanol–water partition coefficient (Wildman–Crippen LogP) is 2.94. The van der Waals surface area contributed by atoms with Gasteiger partial charge in [0, 0.05) is 23.7 Å². The van der Waals surface area contributed by atoms with Crippen molar-refractivity contribution >= 4 is 34.0 Å². The molecule has 0 spiro atoms. The largest absolute Gasteiger partial charge is 0.322 e. The Labute approximate surface area is 133 Å². The van der Waals surface area contributed by atoms with Gasteiger partial charge in [-0.3, -0.25) is 10.1 Å². The van der Waals surface area contributed by atoms with Crippen LogP contribution in [0.3, 0.4) is 0 Å². The molecule has 1 aliphatic rings. The van der Waals surface area contributed by atoms with Crippen molar-refractivity contribution in [1.82, 2.24) is 4.90 Å². The summed E-state index contributed by atoms with van der Waals surface area (Å²) in [5.74, 6) is -0.0602. The molecule has 1 aliphatic heterocycles. The van der Waals surface area contributed by atoms with Crippen LogP contribution in [0.2, 0.25) is 0 Å². The SMILES string of the molecule is Cc1ccc(NC(=O)N2CCN(c3ccccc3)C(=O)C2)s1. The molecule has 0 saturated carbocycles. The van der Waals surface area contributed by atoms with Crippen LogP contribution < -0.4 is 10.2 Å². The van der Waals surface area contributed by atoms with Crippen LogP contribution in [0.25, 0.3) is 0 Å². The predicted molar refractivity (Wildman–Crippen MR) is 88.4 cm³/mol. The number of amides is 3. The van der Waals surface area contributed by atoms with Gasteiger partial charge in [-0.05, 0) is 31.2 Å². The first-order chi connectivity index (χ1) is 10.6. The molecule has 2 aromatic rings. The third-order valence-electron chi connectivity index (χ3n) is 3.55.